The third kappa shape index (κ3) is 4.69. The van der Waals surface area contributed by atoms with Gasteiger partial charge in [-0.3, -0.25) is 0 Å². The lowest BCUT2D eigenvalue weighted by molar-refractivity contribution is -0.253. The minimum atomic E-state index is -0.715. The van der Waals surface area contributed by atoms with E-state index in [-0.39, 0.29) is 5.41 Å². The summed E-state index contributed by atoms with van der Waals surface area (Å²) < 4.78 is 19.7. The van der Waals surface area contributed by atoms with E-state index in [0.717, 1.165) is 57.1 Å². The minimum absolute atomic E-state index is 0.307. The lowest BCUT2D eigenvalue weighted by atomic mass is 9.43. The number of likely N-dealkylation sites (tertiary alicyclic amines) is 2. The molecule has 0 unspecified atom stereocenters. The second kappa shape index (κ2) is 11.2. The summed E-state index contributed by atoms with van der Waals surface area (Å²) in [6, 6.07) is 4.12. The van der Waals surface area contributed by atoms with Crippen LogP contribution in [0.3, 0.4) is 0 Å². The number of rotatable bonds is 9. The number of hydrogen-bond donors (Lipinski definition) is 1. The summed E-state index contributed by atoms with van der Waals surface area (Å²) in [6.45, 7) is 13.5. The van der Waals surface area contributed by atoms with Gasteiger partial charge < -0.3 is 28.8 Å². The Kier molecular flexibility index (Phi) is 7.89. The molecule has 0 spiro atoms. The van der Waals surface area contributed by atoms with Gasteiger partial charge in [0.1, 0.15) is 11.4 Å². The molecule has 3 heterocycles. The van der Waals surface area contributed by atoms with E-state index in [9.17, 15) is 5.11 Å². The predicted molar refractivity (Wildman–Crippen MR) is 161 cm³/mol. The fourth-order valence-electron chi connectivity index (χ4n) is 11.3. The zero-order valence-corrected chi connectivity index (χ0v) is 26.0. The highest BCUT2D eigenvalue weighted by atomic mass is 16.5. The number of hydrogen-bond acceptors (Lipinski definition) is 6. The Morgan fingerprint density at radius 3 is 2.29 bits per heavy atom. The van der Waals surface area contributed by atoms with Crippen molar-refractivity contribution in [2.45, 2.75) is 115 Å². The van der Waals surface area contributed by atoms with E-state index in [1.807, 2.05) is 6.07 Å². The van der Waals surface area contributed by atoms with Crippen LogP contribution in [0.15, 0.2) is 22.8 Å². The van der Waals surface area contributed by atoms with Crippen LogP contribution in [0.25, 0.3) is 0 Å². The molecule has 1 aromatic heterocycles. The molecule has 1 N–H and O–H groups in total. The Morgan fingerprint density at radius 1 is 0.854 bits per heavy atom. The first-order valence-corrected chi connectivity index (χ1v) is 17.3. The van der Waals surface area contributed by atoms with E-state index in [2.05, 4.69) is 29.7 Å². The third-order valence-electron chi connectivity index (χ3n) is 13.8. The van der Waals surface area contributed by atoms with E-state index in [1.54, 1.807) is 6.26 Å². The molecule has 8 atom stereocenters. The summed E-state index contributed by atoms with van der Waals surface area (Å²) >= 11 is 0. The van der Waals surface area contributed by atoms with Gasteiger partial charge in [-0.2, -0.15) is 0 Å². The summed E-state index contributed by atoms with van der Waals surface area (Å²) in [7, 11) is 0. The molecule has 7 rings (SSSR count). The molecular formula is C35H56N2O4. The number of fused-ring (bicyclic) bond motifs is 5. The van der Waals surface area contributed by atoms with Crippen molar-refractivity contribution in [1.29, 1.82) is 0 Å². The summed E-state index contributed by atoms with van der Waals surface area (Å²) in [5.41, 5.74) is -1.30. The summed E-state index contributed by atoms with van der Waals surface area (Å²) in [5.74, 6) is 2.58. The van der Waals surface area contributed by atoms with Crippen LogP contribution >= 0.6 is 0 Å². The first-order chi connectivity index (χ1) is 19.9. The van der Waals surface area contributed by atoms with Crippen LogP contribution < -0.4 is 0 Å². The van der Waals surface area contributed by atoms with E-state index in [4.69, 9.17) is 13.9 Å². The second-order valence-electron chi connectivity index (χ2n) is 15.3. The maximum atomic E-state index is 12.9. The fourth-order valence-corrected chi connectivity index (χ4v) is 11.3. The number of furan rings is 1. The minimum Gasteiger partial charge on any atom is -0.466 e. The van der Waals surface area contributed by atoms with Gasteiger partial charge in [0.2, 0.25) is 0 Å². The average Bonchev–Trinajstić information content (AvgIpc) is 3.79. The normalized spacial score (nSPS) is 45.0. The van der Waals surface area contributed by atoms with Gasteiger partial charge in [0.15, 0.2) is 0 Å². The molecule has 0 radical (unpaired) electrons. The Morgan fingerprint density at radius 2 is 1.59 bits per heavy atom. The molecule has 230 valence electrons. The first-order valence-electron chi connectivity index (χ1n) is 17.3. The summed E-state index contributed by atoms with van der Waals surface area (Å²) in [4.78, 5) is 5.10. The maximum Gasteiger partial charge on any atom is 0.136 e. The van der Waals surface area contributed by atoms with Crippen LogP contribution in [-0.4, -0.2) is 79.1 Å². The second-order valence-corrected chi connectivity index (χ2v) is 15.3. The zero-order valence-electron chi connectivity index (χ0n) is 26.0. The smallest absolute Gasteiger partial charge is 0.136 e. The molecule has 2 saturated heterocycles. The molecule has 0 bridgehead atoms. The van der Waals surface area contributed by atoms with Crippen molar-refractivity contribution in [1.82, 2.24) is 9.80 Å². The van der Waals surface area contributed by atoms with E-state index in [0.29, 0.717) is 30.0 Å². The topological polar surface area (TPSA) is 58.3 Å². The highest BCUT2D eigenvalue weighted by Gasteiger charge is 2.73. The molecule has 41 heavy (non-hydrogen) atoms. The summed E-state index contributed by atoms with van der Waals surface area (Å²) in [5, 5.41) is 12.9. The highest BCUT2D eigenvalue weighted by Crippen LogP contribution is 2.72. The van der Waals surface area contributed by atoms with Crippen LogP contribution in [0.2, 0.25) is 0 Å². The molecule has 2 aliphatic heterocycles. The van der Waals surface area contributed by atoms with Gasteiger partial charge in [-0.25, -0.2) is 0 Å². The molecule has 6 fully saturated rings. The highest BCUT2D eigenvalue weighted by molar-refractivity contribution is 5.28. The van der Waals surface area contributed by atoms with E-state index in [1.165, 1.54) is 84.0 Å². The van der Waals surface area contributed by atoms with Crippen LogP contribution in [-0.2, 0) is 15.1 Å². The molecule has 4 aliphatic carbocycles. The quantitative estimate of drug-likeness (QED) is 0.381. The standard InChI is InChI=1S/C35H56N2O4/c1-32-13-11-28(39-24-21-36-17-3-4-18-36)26-27(32)9-10-30-29(32)12-14-33(2)34(30,38)15-16-35(33,31-8-7-23-40-31)41-25-22-37-19-5-6-20-37/h7-8,23,27-30,38H,3-6,9-22,24-26H2,1-2H3/t27-,28+,29+,30-,32+,33+,34+,35+/m1/s1. The Bertz CT molecular complexity index is 1020. The van der Waals surface area contributed by atoms with Gasteiger partial charge in [0.05, 0.1) is 31.2 Å². The molecule has 4 saturated carbocycles. The lowest BCUT2D eigenvalue weighted by Crippen LogP contribution is -2.65. The summed E-state index contributed by atoms with van der Waals surface area (Å²) in [6.07, 6.45) is 17.4. The zero-order chi connectivity index (χ0) is 28.1. The van der Waals surface area contributed by atoms with Crippen molar-refractivity contribution >= 4 is 0 Å². The maximum absolute atomic E-state index is 12.9. The number of ether oxygens (including phenoxy) is 2. The molecular weight excluding hydrogens is 512 g/mol. The molecule has 0 aromatic carbocycles. The number of nitrogens with zero attached hydrogens (tertiary/aromatic N) is 2. The van der Waals surface area contributed by atoms with Gasteiger partial charge in [-0.1, -0.05) is 13.8 Å². The van der Waals surface area contributed by atoms with Crippen molar-refractivity contribution in [3.8, 4) is 0 Å². The van der Waals surface area contributed by atoms with Gasteiger partial charge in [0, 0.05) is 18.5 Å². The molecule has 6 heteroatoms. The van der Waals surface area contributed by atoms with E-state index >= 15 is 0 Å². The molecule has 1 aromatic rings. The molecule has 6 aliphatic rings. The van der Waals surface area contributed by atoms with Crippen molar-refractivity contribution in [2.24, 2.45) is 28.6 Å². The monoisotopic (exact) mass is 568 g/mol. The largest absolute Gasteiger partial charge is 0.466 e. The lowest BCUT2D eigenvalue weighted by Gasteiger charge is -2.64. The van der Waals surface area contributed by atoms with Crippen molar-refractivity contribution in [3.63, 3.8) is 0 Å². The Labute approximate surface area is 248 Å². The Hall–Kier alpha value is -0.920. The predicted octanol–water partition coefficient (Wildman–Crippen LogP) is 6.23. The van der Waals surface area contributed by atoms with Gasteiger partial charge >= 0.3 is 0 Å². The van der Waals surface area contributed by atoms with Crippen molar-refractivity contribution in [3.05, 3.63) is 24.2 Å². The van der Waals surface area contributed by atoms with Crippen LogP contribution in [0.4, 0.5) is 0 Å². The van der Waals surface area contributed by atoms with Gasteiger partial charge in [-0.15, -0.1) is 0 Å². The SMILES string of the molecule is C[C@]12CC[C@H](OCCN3CCCC3)C[C@H]1CC[C@@H]1[C@@H]2CC[C@]2(C)[C@@](OCCN3CCCC3)(c3ccco3)CC[C@]12O. The third-order valence-corrected chi connectivity index (χ3v) is 13.8. The molecule has 6 nitrogen and oxygen atoms in total. The Balaban J connectivity index is 1.06. The van der Waals surface area contributed by atoms with Crippen molar-refractivity contribution in [2.75, 3.05) is 52.5 Å². The van der Waals surface area contributed by atoms with Crippen LogP contribution in [0.1, 0.15) is 103 Å². The first kappa shape index (κ1) is 28.8. The average molecular weight is 569 g/mol. The van der Waals surface area contributed by atoms with Gasteiger partial charge in [-0.05, 0) is 145 Å². The van der Waals surface area contributed by atoms with Crippen LogP contribution in [0.5, 0.6) is 0 Å². The van der Waals surface area contributed by atoms with Gasteiger partial charge in [0.25, 0.3) is 0 Å². The van der Waals surface area contributed by atoms with E-state index < -0.39 is 11.2 Å². The number of aliphatic hydroxyl groups is 1. The van der Waals surface area contributed by atoms with Crippen LogP contribution in [0, 0.1) is 28.6 Å². The van der Waals surface area contributed by atoms with Crippen molar-refractivity contribution < 1.29 is 19.0 Å². The fraction of sp³-hybridized carbons (Fsp3) is 0.886. The molecule has 0 amide bonds.